The van der Waals surface area contributed by atoms with Crippen LogP contribution in [0.1, 0.15) is 181 Å². The molecule has 0 fully saturated rings. The predicted molar refractivity (Wildman–Crippen MR) is 211 cm³/mol. The van der Waals surface area contributed by atoms with Crippen LogP contribution in [0.2, 0.25) is 0 Å². The van der Waals surface area contributed by atoms with E-state index in [1.807, 2.05) is 19.0 Å². The Balaban J connectivity index is 4.33. The van der Waals surface area contributed by atoms with Crippen LogP contribution in [0.3, 0.4) is 0 Å². The standard InChI is InChI=1S/C41H78NO8P/c1-5-7-9-11-13-15-17-19-20-22-23-25-27-29-31-33-40(43)47-37-39(38-49-51(45,46)48-36-35-42(3)4)50-41(44)34-32-30-28-26-24-21-18-16-14-12-10-8-6-2/h15-18,39H,5-14,19-38H2,1-4H3,(H,45,46)/b17-15-,18-16-. The molecule has 0 aromatic heterocycles. The first-order valence-corrected chi connectivity index (χ1v) is 22.1. The second-order valence-corrected chi connectivity index (χ2v) is 15.6. The van der Waals surface area contributed by atoms with Crippen molar-refractivity contribution in [3.8, 4) is 0 Å². The van der Waals surface area contributed by atoms with Gasteiger partial charge < -0.3 is 19.3 Å². The lowest BCUT2D eigenvalue weighted by Crippen LogP contribution is -2.29. The zero-order chi connectivity index (χ0) is 37.7. The molecule has 2 atom stereocenters. The molecular formula is C41H78NO8P. The number of phosphoric acid groups is 1. The summed E-state index contributed by atoms with van der Waals surface area (Å²) in [4.78, 5) is 36.9. The van der Waals surface area contributed by atoms with E-state index in [-0.39, 0.29) is 32.0 Å². The van der Waals surface area contributed by atoms with Crippen LogP contribution in [0.25, 0.3) is 0 Å². The van der Waals surface area contributed by atoms with Gasteiger partial charge >= 0.3 is 19.8 Å². The molecular weight excluding hydrogens is 665 g/mol. The third kappa shape index (κ3) is 38.0. The molecule has 0 rings (SSSR count). The van der Waals surface area contributed by atoms with Gasteiger partial charge in [-0.2, -0.15) is 0 Å². The van der Waals surface area contributed by atoms with Gasteiger partial charge in [0.15, 0.2) is 6.10 Å². The molecule has 0 aliphatic carbocycles. The summed E-state index contributed by atoms with van der Waals surface area (Å²) in [5.41, 5.74) is 0. The summed E-state index contributed by atoms with van der Waals surface area (Å²) in [6.07, 6.45) is 36.4. The van der Waals surface area contributed by atoms with Crippen molar-refractivity contribution in [1.82, 2.24) is 4.90 Å². The van der Waals surface area contributed by atoms with E-state index >= 15 is 0 Å². The first kappa shape index (κ1) is 49.5. The van der Waals surface area contributed by atoms with E-state index in [9.17, 15) is 19.0 Å². The summed E-state index contributed by atoms with van der Waals surface area (Å²) in [6, 6.07) is 0. The average molecular weight is 744 g/mol. The van der Waals surface area contributed by atoms with Crippen molar-refractivity contribution in [2.75, 3.05) is 40.5 Å². The van der Waals surface area contributed by atoms with Crippen LogP contribution in [0.5, 0.6) is 0 Å². The van der Waals surface area contributed by atoms with Crippen LogP contribution in [-0.2, 0) is 32.7 Å². The van der Waals surface area contributed by atoms with Crippen molar-refractivity contribution in [3.63, 3.8) is 0 Å². The Hall–Kier alpha value is -1.51. The number of carbonyl (C=O) groups is 2. The molecule has 0 amide bonds. The van der Waals surface area contributed by atoms with Crippen LogP contribution in [-0.4, -0.2) is 68.3 Å². The molecule has 0 aliphatic rings. The molecule has 0 saturated carbocycles. The number of hydrogen-bond donors (Lipinski definition) is 1. The lowest BCUT2D eigenvalue weighted by atomic mass is 10.1. The maximum absolute atomic E-state index is 12.6. The summed E-state index contributed by atoms with van der Waals surface area (Å²) in [6.45, 7) is 4.28. The van der Waals surface area contributed by atoms with Gasteiger partial charge in [-0.3, -0.25) is 18.6 Å². The van der Waals surface area contributed by atoms with Crippen molar-refractivity contribution in [1.29, 1.82) is 0 Å². The molecule has 10 heteroatoms. The third-order valence-corrected chi connectivity index (χ3v) is 9.71. The maximum Gasteiger partial charge on any atom is 0.472 e. The Morgan fingerprint density at radius 3 is 1.45 bits per heavy atom. The number of unbranched alkanes of at least 4 members (excludes halogenated alkanes) is 20. The molecule has 51 heavy (non-hydrogen) atoms. The number of phosphoric ester groups is 1. The largest absolute Gasteiger partial charge is 0.472 e. The second-order valence-electron chi connectivity index (χ2n) is 14.2. The van der Waals surface area contributed by atoms with Crippen molar-refractivity contribution >= 4 is 19.8 Å². The van der Waals surface area contributed by atoms with E-state index in [1.54, 1.807) is 0 Å². The molecule has 300 valence electrons. The van der Waals surface area contributed by atoms with Crippen LogP contribution < -0.4 is 0 Å². The number of likely N-dealkylation sites (N-methyl/N-ethyl adjacent to an activating group) is 1. The van der Waals surface area contributed by atoms with Gasteiger partial charge in [0.1, 0.15) is 6.61 Å². The summed E-state index contributed by atoms with van der Waals surface area (Å²) in [5, 5.41) is 0. The van der Waals surface area contributed by atoms with Crippen molar-refractivity contribution < 1.29 is 37.6 Å². The van der Waals surface area contributed by atoms with Gasteiger partial charge in [-0.25, -0.2) is 4.57 Å². The van der Waals surface area contributed by atoms with E-state index in [4.69, 9.17) is 18.5 Å². The summed E-state index contributed by atoms with van der Waals surface area (Å²) >= 11 is 0. The topological polar surface area (TPSA) is 112 Å². The molecule has 0 radical (unpaired) electrons. The van der Waals surface area contributed by atoms with Crippen molar-refractivity contribution in [2.24, 2.45) is 0 Å². The highest BCUT2D eigenvalue weighted by atomic mass is 31.2. The highest BCUT2D eigenvalue weighted by Crippen LogP contribution is 2.43. The number of carbonyl (C=O) groups excluding carboxylic acids is 2. The Morgan fingerprint density at radius 1 is 0.588 bits per heavy atom. The van der Waals surface area contributed by atoms with Crippen LogP contribution in [0.15, 0.2) is 24.3 Å². The van der Waals surface area contributed by atoms with Gasteiger partial charge in [0, 0.05) is 19.4 Å². The number of ether oxygens (including phenoxy) is 2. The van der Waals surface area contributed by atoms with Gasteiger partial charge in [-0.1, -0.05) is 128 Å². The number of esters is 2. The Bertz CT molecular complexity index is 910. The quantitative estimate of drug-likeness (QED) is 0.0286. The monoisotopic (exact) mass is 744 g/mol. The van der Waals surface area contributed by atoms with Gasteiger partial charge in [0.2, 0.25) is 0 Å². The Morgan fingerprint density at radius 2 is 1.00 bits per heavy atom. The molecule has 0 saturated heterocycles. The average Bonchev–Trinajstić information content (AvgIpc) is 3.09. The van der Waals surface area contributed by atoms with Crippen LogP contribution in [0.4, 0.5) is 0 Å². The van der Waals surface area contributed by atoms with Crippen LogP contribution in [0, 0.1) is 0 Å². The predicted octanol–water partition coefficient (Wildman–Crippen LogP) is 11.4. The number of hydrogen-bond acceptors (Lipinski definition) is 8. The molecule has 1 N–H and O–H groups in total. The molecule has 0 spiro atoms. The van der Waals surface area contributed by atoms with E-state index < -0.39 is 26.5 Å². The van der Waals surface area contributed by atoms with E-state index in [0.717, 1.165) is 57.8 Å². The molecule has 0 aromatic carbocycles. The highest BCUT2D eigenvalue weighted by molar-refractivity contribution is 7.47. The molecule has 0 aromatic rings. The molecule has 0 bridgehead atoms. The minimum absolute atomic E-state index is 0.00610. The molecule has 9 nitrogen and oxygen atoms in total. The number of allylic oxidation sites excluding steroid dienone is 4. The third-order valence-electron chi connectivity index (χ3n) is 8.73. The molecule has 0 aliphatic heterocycles. The number of rotatable bonds is 38. The minimum Gasteiger partial charge on any atom is -0.462 e. The fraction of sp³-hybridized carbons (Fsp3) is 0.854. The zero-order valence-corrected chi connectivity index (χ0v) is 34.2. The smallest absolute Gasteiger partial charge is 0.462 e. The van der Waals surface area contributed by atoms with Crippen LogP contribution >= 0.6 is 7.82 Å². The summed E-state index contributed by atoms with van der Waals surface area (Å²) < 4.78 is 33.4. The number of nitrogens with zero attached hydrogens (tertiary/aromatic N) is 1. The van der Waals surface area contributed by atoms with E-state index in [0.29, 0.717) is 13.0 Å². The first-order chi connectivity index (χ1) is 24.7. The van der Waals surface area contributed by atoms with Gasteiger partial charge in [0.05, 0.1) is 13.2 Å². The SMILES string of the molecule is CCCCCC/C=C\CCCCCCCCCC(=O)OCC(COP(=O)(O)OCCN(C)C)OC(=O)CCCCCCC/C=C\CCCCCC. The normalized spacial score (nSPS) is 13.7. The van der Waals surface area contributed by atoms with Gasteiger partial charge in [-0.05, 0) is 78.3 Å². The fourth-order valence-electron chi connectivity index (χ4n) is 5.50. The zero-order valence-electron chi connectivity index (χ0n) is 33.3. The second kappa shape index (κ2) is 36.8. The Kier molecular flexibility index (Phi) is 35.7. The van der Waals surface area contributed by atoms with Gasteiger partial charge in [0.25, 0.3) is 0 Å². The maximum atomic E-state index is 12.6. The summed E-state index contributed by atoms with van der Waals surface area (Å²) in [5.74, 6) is -0.816. The van der Waals surface area contributed by atoms with E-state index in [1.165, 1.54) is 89.9 Å². The highest BCUT2D eigenvalue weighted by Gasteiger charge is 2.26. The molecule has 2 unspecified atom stereocenters. The van der Waals surface area contributed by atoms with Crippen molar-refractivity contribution in [3.05, 3.63) is 24.3 Å². The van der Waals surface area contributed by atoms with E-state index in [2.05, 4.69) is 38.2 Å². The summed E-state index contributed by atoms with van der Waals surface area (Å²) in [7, 11) is -0.714. The van der Waals surface area contributed by atoms with Gasteiger partial charge in [-0.15, -0.1) is 0 Å². The Labute approximate surface area is 313 Å². The first-order valence-electron chi connectivity index (χ1n) is 20.6. The molecule has 0 heterocycles. The minimum atomic E-state index is -4.36. The fourth-order valence-corrected chi connectivity index (χ4v) is 6.24. The van der Waals surface area contributed by atoms with Crippen molar-refractivity contribution in [2.45, 2.75) is 187 Å². The lowest BCUT2D eigenvalue weighted by Gasteiger charge is -2.20. The lowest BCUT2D eigenvalue weighted by molar-refractivity contribution is -0.161.